The molecule has 104 valence electrons. The number of carbonyl (C=O) groups is 2. The number of rotatable bonds is 1. The summed E-state index contributed by atoms with van der Waals surface area (Å²) in [4.78, 5) is 22.0. The van der Waals surface area contributed by atoms with Crippen LogP contribution in [0.15, 0.2) is 30.3 Å². The van der Waals surface area contributed by atoms with E-state index < -0.39 is 18.1 Å². The second-order valence-corrected chi connectivity index (χ2v) is 4.23. The molecular formula is C13H18N2O4. The van der Waals surface area contributed by atoms with E-state index in [-0.39, 0.29) is 6.54 Å². The van der Waals surface area contributed by atoms with Crippen LogP contribution in [0.2, 0.25) is 0 Å². The number of hydrogen-bond donors (Lipinski definition) is 3. The van der Waals surface area contributed by atoms with Crippen molar-refractivity contribution in [3.8, 4) is 0 Å². The molecule has 0 radical (unpaired) electrons. The molecule has 1 aromatic rings. The molecule has 2 rings (SSSR count). The first-order chi connectivity index (χ1) is 9.00. The first-order valence-electron chi connectivity index (χ1n) is 5.96. The zero-order valence-electron chi connectivity index (χ0n) is 10.7. The molecule has 0 bridgehead atoms. The molecule has 1 amide bonds. The fourth-order valence-electron chi connectivity index (χ4n) is 1.62. The van der Waals surface area contributed by atoms with Crippen LogP contribution in [0.3, 0.4) is 0 Å². The van der Waals surface area contributed by atoms with Gasteiger partial charge in [-0.05, 0) is 6.92 Å². The summed E-state index contributed by atoms with van der Waals surface area (Å²) in [7, 11) is 0. The molecular weight excluding hydrogens is 248 g/mol. The Balaban J connectivity index is 0.000000218. The van der Waals surface area contributed by atoms with Gasteiger partial charge in [-0.25, -0.2) is 4.79 Å². The van der Waals surface area contributed by atoms with Gasteiger partial charge in [0, 0.05) is 13.1 Å². The van der Waals surface area contributed by atoms with E-state index in [1.165, 1.54) is 5.56 Å². The van der Waals surface area contributed by atoms with Gasteiger partial charge in [0.25, 0.3) is 0 Å². The van der Waals surface area contributed by atoms with E-state index in [0.717, 1.165) is 4.90 Å². The summed E-state index contributed by atoms with van der Waals surface area (Å²) >= 11 is 0. The Morgan fingerprint density at radius 1 is 1.26 bits per heavy atom. The number of nitrogens with zero attached hydrogens (tertiary/aromatic N) is 1. The molecule has 0 aliphatic carbocycles. The summed E-state index contributed by atoms with van der Waals surface area (Å²) in [5.41, 5.74) is 1.32. The quantitative estimate of drug-likeness (QED) is 0.706. The molecule has 1 aliphatic heterocycles. The smallest absolute Gasteiger partial charge is 0.407 e. The van der Waals surface area contributed by atoms with Crippen LogP contribution in [0.25, 0.3) is 0 Å². The van der Waals surface area contributed by atoms with Crippen LogP contribution in [-0.2, 0) is 4.79 Å². The van der Waals surface area contributed by atoms with Gasteiger partial charge in [0.05, 0.1) is 6.54 Å². The average molecular weight is 266 g/mol. The fraction of sp³-hybridized carbons (Fsp3) is 0.385. The third-order valence-corrected chi connectivity index (χ3v) is 2.68. The number of amides is 1. The Morgan fingerprint density at radius 2 is 1.89 bits per heavy atom. The van der Waals surface area contributed by atoms with Crippen LogP contribution < -0.4 is 5.32 Å². The summed E-state index contributed by atoms with van der Waals surface area (Å²) in [5.74, 6) is -1.01. The van der Waals surface area contributed by atoms with E-state index in [1.54, 1.807) is 0 Å². The highest BCUT2D eigenvalue weighted by atomic mass is 16.4. The summed E-state index contributed by atoms with van der Waals surface area (Å²) in [6, 6.07) is 9.49. The normalized spacial score (nSPS) is 18.2. The van der Waals surface area contributed by atoms with Crippen molar-refractivity contribution in [1.82, 2.24) is 10.2 Å². The first kappa shape index (κ1) is 15.0. The highest BCUT2D eigenvalue weighted by Gasteiger charge is 2.27. The predicted octanol–water partition coefficient (Wildman–Crippen LogP) is 1.02. The van der Waals surface area contributed by atoms with E-state index >= 15 is 0 Å². The maximum Gasteiger partial charge on any atom is 0.407 e. The molecule has 19 heavy (non-hydrogen) atoms. The molecule has 0 aromatic heterocycles. The number of benzene rings is 1. The number of nitrogens with one attached hydrogen (secondary N) is 1. The number of hydrogen-bond acceptors (Lipinski definition) is 3. The lowest BCUT2D eigenvalue weighted by molar-refractivity contribution is -0.140. The molecule has 1 atom stereocenters. The molecule has 1 fully saturated rings. The Labute approximate surface area is 111 Å². The van der Waals surface area contributed by atoms with E-state index in [0.29, 0.717) is 13.1 Å². The molecule has 6 nitrogen and oxygen atoms in total. The standard InChI is InChI=1S/C7H8.C6H10N2O4/c1-7-5-3-2-4-6-7;9-5(10)4-3-8(6(11)12)2-1-7-4/h2-6H,1H3;4,7H,1-3H2,(H,9,10)(H,11,12). The van der Waals surface area contributed by atoms with Gasteiger partial charge in [-0.15, -0.1) is 0 Å². The minimum Gasteiger partial charge on any atom is -0.480 e. The van der Waals surface area contributed by atoms with Crippen LogP contribution in [0, 0.1) is 6.92 Å². The van der Waals surface area contributed by atoms with E-state index in [2.05, 4.69) is 24.4 Å². The molecule has 0 spiro atoms. The molecule has 1 heterocycles. The van der Waals surface area contributed by atoms with Crippen molar-refractivity contribution >= 4 is 12.1 Å². The highest BCUT2D eigenvalue weighted by Crippen LogP contribution is 1.99. The summed E-state index contributed by atoms with van der Waals surface area (Å²) in [6.45, 7) is 2.84. The zero-order valence-corrected chi connectivity index (χ0v) is 10.7. The Morgan fingerprint density at radius 3 is 2.32 bits per heavy atom. The fourth-order valence-corrected chi connectivity index (χ4v) is 1.62. The lowest BCUT2D eigenvalue weighted by Gasteiger charge is -2.29. The average Bonchev–Trinajstić information content (AvgIpc) is 2.40. The lowest BCUT2D eigenvalue weighted by Crippen LogP contribution is -2.55. The molecule has 3 N–H and O–H groups in total. The summed E-state index contributed by atoms with van der Waals surface area (Å²) in [6.07, 6.45) is -1.07. The molecule has 0 saturated carbocycles. The van der Waals surface area contributed by atoms with Crippen molar-refractivity contribution in [3.05, 3.63) is 35.9 Å². The largest absolute Gasteiger partial charge is 0.480 e. The highest BCUT2D eigenvalue weighted by molar-refractivity contribution is 5.75. The minimum atomic E-state index is -1.07. The molecule has 1 aliphatic rings. The molecule has 6 heteroatoms. The number of aliphatic carboxylic acids is 1. The van der Waals surface area contributed by atoms with Crippen molar-refractivity contribution in [2.75, 3.05) is 19.6 Å². The Bertz CT molecular complexity index is 402. The van der Waals surface area contributed by atoms with Crippen molar-refractivity contribution in [2.24, 2.45) is 0 Å². The van der Waals surface area contributed by atoms with Crippen LogP contribution in [0.4, 0.5) is 4.79 Å². The molecule has 1 aromatic carbocycles. The zero-order chi connectivity index (χ0) is 14.3. The Hall–Kier alpha value is -2.08. The van der Waals surface area contributed by atoms with Gasteiger partial charge >= 0.3 is 12.1 Å². The lowest BCUT2D eigenvalue weighted by atomic mass is 10.2. The van der Waals surface area contributed by atoms with Crippen LogP contribution >= 0.6 is 0 Å². The van der Waals surface area contributed by atoms with Gasteiger partial charge in [0.2, 0.25) is 0 Å². The maximum absolute atomic E-state index is 10.4. The van der Waals surface area contributed by atoms with Gasteiger partial charge in [-0.1, -0.05) is 35.9 Å². The van der Waals surface area contributed by atoms with Crippen LogP contribution in [0.5, 0.6) is 0 Å². The number of carboxylic acid groups (broad SMARTS) is 2. The van der Waals surface area contributed by atoms with Crippen molar-refractivity contribution in [3.63, 3.8) is 0 Å². The molecule has 1 saturated heterocycles. The number of carboxylic acids is 1. The minimum absolute atomic E-state index is 0.0185. The monoisotopic (exact) mass is 266 g/mol. The summed E-state index contributed by atoms with van der Waals surface area (Å²) < 4.78 is 0. The second-order valence-electron chi connectivity index (χ2n) is 4.23. The van der Waals surface area contributed by atoms with Gasteiger partial charge in [0.1, 0.15) is 6.04 Å². The predicted molar refractivity (Wildman–Crippen MR) is 70.2 cm³/mol. The van der Waals surface area contributed by atoms with Crippen molar-refractivity contribution in [2.45, 2.75) is 13.0 Å². The van der Waals surface area contributed by atoms with Gasteiger partial charge < -0.3 is 20.4 Å². The van der Waals surface area contributed by atoms with Gasteiger partial charge in [-0.2, -0.15) is 0 Å². The molecule has 1 unspecified atom stereocenters. The maximum atomic E-state index is 10.4. The Kier molecular flexibility index (Phi) is 5.81. The van der Waals surface area contributed by atoms with Crippen molar-refractivity contribution in [1.29, 1.82) is 0 Å². The van der Waals surface area contributed by atoms with E-state index in [1.807, 2.05) is 18.2 Å². The van der Waals surface area contributed by atoms with Gasteiger partial charge in [-0.3, -0.25) is 4.79 Å². The van der Waals surface area contributed by atoms with Crippen LogP contribution in [-0.4, -0.2) is 52.9 Å². The van der Waals surface area contributed by atoms with Gasteiger partial charge in [0.15, 0.2) is 0 Å². The summed E-state index contributed by atoms with van der Waals surface area (Å²) in [5, 5.41) is 19.8. The van der Waals surface area contributed by atoms with E-state index in [9.17, 15) is 9.59 Å². The number of piperazine rings is 1. The topological polar surface area (TPSA) is 89.9 Å². The SMILES string of the molecule is Cc1ccccc1.O=C(O)C1CN(C(=O)O)CCN1. The van der Waals surface area contributed by atoms with E-state index in [4.69, 9.17) is 10.2 Å². The first-order valence-corrected chi connectivity index (χ1v) is 5.96. The third kappa shape index (κ3) is 5.39. The second kappa shape index (κ2) is 7.38. The number of aryl methyl sites for hydroxylation is 1. The third-order valence-electron chi connectivity index (χ3n) is 2.68. The van der Waals surface area contributed by atoms with Crippen molar-refractivity contribution < 1.29 is 19.8 Å². The van der Waals surface area contributed by atoms with Crippen LogP contribution in [0.1, 0.15) is 5.56 Å².